The number of rotatable bonds is 5. The van der Waals surface area contributed by atoms with Crippen molar-refractivity contribution >= 4 is 20.7 Å². The summed E-state index contributed by atoms with van der Waals surface area (Å²) in [6.45, 7) is 1.36. The number of sulfone groups is 1. The van der Waals surface area contributed by atoms with E-state index in [9.17, 15) is 17.2 Å². The van der Waals surface area contributed by atoms with Crippen molar-refractivity contribution in [1.29, 1.82) is 0 Å². The second-order valence-corrected chi connectivity index (χ2v) is 9.79. The average molecular weight is 391 g/mol. The molecule has 3 rings (SSSR count). The molecule has 0 fully saturated rings. The third-order valence-electron chi connectivity index (χ3n) is 3.86. The van der Waals surface area contributed by atoms with Crippen molar-refractivity contribution in [3.05, 3.63) is 84.4 Å². The zero-order valence-electron chi connectivity index (χ0n) is 14.0. The summed E-state index contributed by atoms with van der Waals surface area (Å²) in [6.07, 6.45) is 0. The van der Waals surface area contributed by atoms with Crippen LogP contribution in [0.5, 0.6) is 0 Å². The van der Waals surface area contributed by atoms with Gasteiger partial charge in [-0.25, -0.2) is 17.2 Å². The maximum atomic E-state index is 14.6. The maximum absolute atomic E-state index is 14.6. The van der Waals surface area contributed by atoms with Gasteiger partial charge in [0, 0.05) is 12.1 Å². The molecular weight excluding hydrogens is 374 g/mol. The lowest BCUT2D eigenvalue weighted by atomic mass is 10.3. The Kier molecular flexibility index (Phi) is 5.44. The van der Waals surface area contributed by atoms with Gasteiger partial charge in [0.1, 0.15) is 16.5 Å². The van der Waals surface area contributed by atoms with Gasteiger partial charge in [-0.15, -0.1) is 0 Å². The summed E-state index contributed by atoms with van der Waals surface area (Å²) in [4.78, 5) is 1.33. The van der Waals surface area contributed by atoms with Gasteiger partial charge in [0.05, 0.1) is 16.6 Å². The van der Waals surface area contributed by atoms with Gasteiger partial charge in [0.2, 0.25) is 0 Å². The van der Waals surface area contributed by atoms with Crippen molar-refractivity contribution in [2.75, 3.05) is 5.75 Å². The normalized spacial score (nSPS) is 11.7. The fraction of sp³-hybridized carbons (Fsp3) is 0.100. The van der Waals surface area contributed by atoms with Gasteiger partial charge in [0.15, 0.2) is 24.5 Å². The number of halogens is 2. The Morgan fingerprint density at radius 2 is 1.19 bits per heavy atom. The van der Waals surface area contributed by atoms with E-state index in [-0.39, 0.29) is 5.75 Å². The lowest BCUT2D eigenvalue weighted by Gasteiger charge is -2.10. The van der Waals surface area contributed by atoms with Gasteiger partial charge >= 0.3 is 0 Å². The summed E-state index contributed by atoms with van der Waals surface area (Å²) in [5, 5.41) is 0. The Bertz CT molecular complexity index is 942. The summed E-state index contributed by atoms with van der Waals surface area (Å²) in [5.74, 6) is -2.46. The summed E-state index contributed by atoms with van der Waals surface area (Å²) in [6, 6.07) is 21.0. The van der Waals surface area contributed by atoms with E-state index in [1.807, 2.05) is 60.7 Å². The minimum Gasteiger partial charge on any atom is -0.223 e. The Labute approximate surface area is 154 Å². The molecular formula is C20H17F2O2S2+. The molecule has 26 heavy (non-hydrogen) atoms. The summed E-state index contributed by atoms with van der Waals surface area (Å²) in [5.41, 5.74) is 0. The van der Waals surface area contributed by atoms with Crippen LogP contribution in [-0.4, -0.2) is 14.2 Å². The van der Waals surface area contributed by atoms with Gasteiger partial charge in [0.25, 0.3) is 0 Å². The average Bonchev–Trinajstić information content (AvgIpc) is 2.63. The molecule has 0 saturated carbocycles. The van der Waals surface area contributed by atoms with Crippen LogP contribution in [0.25, 0.3) is 0 Å². The molecule has 0 aliphatic heterocycles. The van der Waals surface area contributed by atoms with Crippen molar-refractivity contribution in [3.8, 4) is 0 Å². The highest BCUT2D eigenvalue weighted by Gasteiger charge is 2.32. The van der Waals surface area contributed by atoms with E-state index in [0.29, 0.717) is 4.90 Å². The van der Waals surface area contributed by atoms with Crippen LogP contribution in [0.1, 0.15) is 6.92 Å². The summed E-state index contributed by atoms with van der Waals surface area (Å²) in [7, 11) is -4.73. The van der Waals surface area contributed by atoms with Crippen LogP contribution in [0, 0.1) is 11.6 Å². The molecule has 3 aromatic carbocycles. The Morgan fingerprint density at radius 1 is 0.769 bits per heavy atom. The molecule has 0 aliphatic carbocycles. The molecule has 0 N–H and O–H groups in total. The van der Waals surface area contributed by atoms with Crippen molar-refractivity contribution < 1.29 is 17.2 Å². The molecule has 6 heteroatoms. The summed E-state index contributed by atoms with van der Waals surface area (Å²) >= 11 is 0. The number of benzene rings is 3. The Hall–Kier alpha value is -2.18. The molecule has 0 saturated heterocycles. The van der Waals surface area contributed by atoms with Crippen LogP contribution in [-0.2, 0) is 20.7 Å². The molecule has 0 unspecified atom stereocenters. The first-order valence-corrected chi connectivity index (χ1v) is 10.9. The molecule has 0 spiro atoms. The zero-order chi connectivity index (χ0) is 18.7. The molecule has 0 bridgehead atoms. The first kappa shape index (κ1) is 18.6. The quantitative estimate of drug-likeness (QED) is 0.583. The topological polar surface area (TPSA) is 34.1 Å². The second-order valence-electron chi connectivity index (χ2n) is 5.55. The Balaban J connectivity index is 2.21. The minimum absolute atomic E-state index is 0.358. The highest BCUT2D eigenvalue weighted by molar-refractivity contribution is 7.97. The van der Waals surface area contributed by atoms with Crippen LogP contribution in [0.2, 0.25) is 0 Å². The van der Waals surface area contributed by atoms with Gasteiger partial charge < -0.3 is 0 Å². The van der Waals surface area contributed by atoms with Crippen molar-refractivity contribution in [2.24, 2.45) is 0 Å². The van der Waals surface area contributed by atoms with Crippen LogP contribution in [0.15, 0.2) is 92.4 Å². The molecule has 0 aliphatic rings. The van der Waals surface area contributed by atoms with E-state index < -0.39 is 37.3 Å². The highest BCUT2D eigenvalue weighted by Crippen LogP contribution is 2.33. The molecule has 0 heterocycles. The molecule has 0 aromatic heterocycles. The van der Waals surface area contributed by atoms with Crippen LogP contribution in [0.4, 0.5) is 8.78 Å². The zero-order valence-corrected chi connectivity index (χ0v) is 15.7. The lowest BCUT2D eigenvalue weighted by molar-refractivity contribution is 0.515. The summed E-state index contributed by atoms with van der Waals surface area (Å²) < 4.78 is 53.1. The van der Waals surface area contributed by atoms with Crippen LogP contribution in [0.3, 0.4) is 0 Å². The van der Waals surface area contributed by atoms with Gasteiger partial charge in [-0.3, -0.25) is 0 Å². The van der Waals surface area contributed by atoms with Gasteiger partial charge in [-0.05, 0) is 24.3 Å². The predicted octanol–water partition coefficient (Wildman–Crippen LogP) is 4.85. The SMILES string of the molecule is CCS(=O)(=O)c1c(F)cc([S+](c2ccccc2)c2ccccc2)cc1F. The third-order valence-corrected chi connectivity index (χ3v) is 7.82. The van der Waals surface area contributed by atoms with Crippen molar-refractivity contribution in [2.45, 2.75) is 26.5 Å². The van der Waals surface area contributed by atoms with Crippen LogP contribution >= 0.6 is 0 Å². The number of hydrogen-bond donors (Lipinski definition) is 0. The monoisotopic (exact) mass is 391 g/mol. The molecule has 0 radical (unpaired) electrons. The van der Waals surface area contributed by atoms with E-state index >= 15 is 0 Å². The Morgan fingerprint density at radius 3 is 1.58 bits per heavy atom. The molecule has 2 nitrogen and oxygen atoms in total. The fourth-order valence-corrected chi connectivity index (χ4v) is 5.74. The molecule has 0 atom stereocenters. The van der Waals surface area contributed by atoms with E-state index in [0.717, 1.165) is 21.9 Å². The first-order chi connectivity index (χ1) is 12.4. The smallest absolute Gasteiger partial charge is 0.183 e. The maximum Gasteiger partial charge on any atom is 0.183 e. The second kappa shape index (κ2) is 7.60. The number of hydrogen-bond acceptors (Lipinski definition) is 2. The molecule has 0 amide bonds. The standard InChI is InChI=1S/C20H17F2O2S2/c1-2-26(23,24)20-18(21)13-17(14-19(20)22)25(15-9-5-3-6-10-15)16-11-7-4-8-12-16/h3-14H,2H2,1H3/q+1. The minimum atomic E-state index is -3.98. The molecule has 134 valence electrons. The van der Waals surface area contributed by atoms with E-state index in [4.69, 9.17) is 0 Å². The van der Waals surface area contributed by atoms with Gasteiger partial charge in [-0.1, -0.05) is 43.3 Å². The first-order valence-electron chi connectivity index (χ1n) is 8.00. The lowest BCUT2D eigenvalue weighted by Crippen LogP contribution is -2.12. The van der Waals surface area contributed by atoms with Crippen LogP contribution < -0.4 is 0 Å². The van der Waals surface area contributed by atoms with E-state index in [2.05, 4.69) is 0 Å². The van der Waals surface area contributed by atoms with E-state index in [1.165, 1.54) is 6.92 Å². The molecule has 3 aromatic rings. The largest absolute Gasteiger partial charge is 0.223 e. The van der Waals surface area contributed by atoms with Gasteiger partial charge in [-0.2, -0.15) is 0 Å². The fourth-order valence-electron chi connectivity index (χ4n) is 2.62. The van der Waals surface area contributed by atoms with E-state index in [1.54, 1.807) is 0 Å². The highest BCUT2D eigenvalue weighted by atomic mass is 32.2. The third kappa shape index (κ3) is 3.66. The van der Waals surface area contributed by atoms with Crippen molar-refractivity contribution in [1.82, 2.24) is 0 Å². The predicted molar refractivity (Wildman–Crippen MR) is 99.1 cm³/mol. The van der Waals surface area contributed by atoms with Crippen molar-refractivity contribution in [3.63, 3.8) is 0 Å².